The van der Waals surface area contributed by atoms with Crippen LogP contribution in [0.3, 0.4) is 0 Å². The number of amides is 1. The number of aromatic nitrogens is 1. The molecule has 1 aliphatic rings. The lowest BCUT2D eigenvalue weighted by molar-refractivity contribution is 0.0575. The van der Waals surface area contributed by atoms with Gasteiger partial charge in [0.25, 0.3) is 5.91 Å². The van der Waals surface area contributed by atoms with Crippen LogP contribution in [0.5, 0.6) is 0 Å². The fourth-order valence-corrected chi connectivity index (χ4v) is 2.94. The maximum absolute atomic E-state index is 12.3. The average molecular weight is 282 g/mol. The highest BCUT2D eigenvalue weighted by atomic mass is 32.1. The largest absolute Gasteiger partial charge is 0.335 e. The van der Waals surface area contributed by atoms with Crippen molar-refractivity contribution in [1.82, 2.24) is 14.8 Å². The Labute approximate surface area is 118 Å². The molecule has 2 rings (SSSR count). The predicted octanol–water partition coefficient (Wildman–Crippen LogP) is 1.16. The molecule has 1 aromatic rings. The molecule has 0 spiro atoms. The van der Waals surface area contributed by atoms with Gasteiger partial charge in [0.15, 0.2) is 0 Å². The molecule has 1 saturated heterocycles. The number of rotatable bonds is 4. The van der Waals surface area contributed by atoms with Gasteiger partial charge in [0.05, 0.1) is 0 Å². The molecule has 5 nitrogen and oxygen atoms in total. The molecule has 1 unspecified atom stereocenters. The summed E-state index contributed by atoms with van der Waals surface area (Å²) < 4.78 is 0. The number of hydrogen-bond acceptors (Lipinski definition) is 5. The number of carbonyl (C=O) groups excluding carboxylic acids is 1. The Morgan fingerprint density at radius 2 is 2.16 bits per heavy atom. The summed E-state index contributed by atoms with van der Waals surface area (Å²) in [5, 5.41) is 2.63. The zero-order valence-corrected chi connectivity index (χ0v) is 12.4. The third-order valence-electron chi connectivity index (χ3n) is 3.76. The first-order chi connectivity index (χ1) is 9.15. The average Bonchev–Trinajstić information content (AvgIpc) is 2.94. The van der Waals surface area contributed by atoms with Gasteiger partial charge in [-0.2, -0.15) is 0 Å². The van der Waals surface area contributed by atoms with Crippen LogP contribution >= 0.6 is 11.3 Å². The monoisotopic (exact) mass is 282 g/mol. The molecule has 6 heteroatoms. The zero-order chi connectivity index (χ0) is 13.8. The number of hydrogen-bond donors (Lipinski definition) is 1. The number of thiazole rings is 1. The summed E-state index contributed by atoms with van der Waals surface area (Å²) in [7, 11) is 0. The van der Waals surface area contributed by atoms with Crippen molar-refractivity contribution < 1.29 is 4.79 Å². The van der Waals surface area contributed by atoms with E-state index in [-0.39, 0.29) is 5.91 Å². The molecule has 1 aromatic heterocycles. The van der Waals surface area contributed by atoms with Crippen molar-refractivity contribution in [3.8, 4) is 0 Å². The molecule has 2 N–H and O–H groups in total. The van der Waals surface area contributed by atoms with Gasteiger partial charge in [0, 0.05) is 44.1 Å². The van der Waals surface area contributed by atoms with Crippen LogP contribution in [-0.2, 0) is 6.54 Å². The Morgan fingerprint density at radius 1 is 1.47 bits per heavy atom. The van der Waals surface area contributed by atoms with E-state index < -0.39 is 0 Å². The van der Waals surface area contributed by atoms with Crippen molar-refractivity contribution in [2.24, 2.45) is 5.73 Å². The smallest absolute Gasteiger partial charge is 0.273 e. The van der Waals surface area contributed by atoms with Crippen LogP contribution in [0.25, 0.3) is 0 Å². The van der Waals surface area contributed by atoms with Crippen LogP contribution < -0.4 is 5.73 Å². The number of piperazine rings is 1. The summed E-state index contributed by atoms with van der Waals surface area (Å²) in [6.45, 7) is 8.33. The molecule has 0 aliphatic carbocycles. The predicted molar refractivity (Wildman–Crippen MR) is 77.2 cm³/mol. The van der Waals surface area contributed by atoms with Crippen LogP contribution in [0, 0.1) is 0 Å². The van der Waals surface area contributed by atoms with E-state index in [1.165, 1.54) is 11.3 Å². The summed E-state index contributed by atoms with van der Waals surface area (Å²) in [5.41, 5.74) is 6.07. The second-order valence-electron chi connectivity index (χ2n) is 4.92. The lowest BCUT2D eigenvalue weighted by Gasteiger charge is -2.37. The van der Waals surface area contributed by atoms with Gasteiger partial charge in [0.2, 0.25) is 0 Å². The lowest BCUT2D eigenvalue weighted by atomic mass is 10.2. The summed E-state index contributed by atoms with van der Waals surface area (Å²) >= 11 is 1.46. The second kappa shape index (κ2) is 6.45. The summed E-state index contributed by atoms with van der Waals surface area (Å²) in [4.78, 5) is 20.9. The highest BCUT2D eigenvalue weighted by Crippen LogP contribution is 2.14. The highest BCUT2D eigenvalue weighted by molar-refractivity contribution is 7.09. The van der Waals surface area contributed by atoms with Crippen LogP contribution in [0.2, 0.25) is 0 Å². The van der Waals surface area contributed by atoms with Crippen LogP contribution in [0.4, 0.5) is 0 Å². The van der Waals surface area contributed by atoms with Crippen molar-refractivity contribution in [2.45, 2.75) is 32.9 Å². The third kappa shape index (κ3) is 3.32. The van der Waals surface area contributed by atoms with Gasteiger partial charge in [-0.15, -0.1) is 11.3 Å². The maximum atomic E-state index is 12.3. The standard InChI is InChI=1S/C13H22N4OS/c1-3-10(2)16-4-6-17(7-5-16)13(18)11-9-19-12(8-14)15-11/h9-10H,3-8,14H2,1-2H3. The molecule has 0 aromatic carbocycles. The fourth-order valence-electron chi connectivity index (χ4n) is 2.29. The first-order valence-electron chi connectivity index (χ1n) is 6.83. The van der Waals surface area contributed by atoms with Crippen molar-refractivity contribution in [1.29, 1.82) is 0 Å². The van der Waals surface area contributed by atoms with Crippen LogP contribution in [-0.4, -0.2) is 52.9 Å². The first kappa shape index (κ1) is 14.4. The van der Waals surface area contributed by atoms with Gasteiger partial charge in [-0.25, -0.2) is 4.98 Å². The van der Waals surface area contributed by atoms with E-state index in [4.69, 9.17) is 5.73 Å². The minimum Gasteiger partial charge on any atom is -0.335 e. The molecule has 1 amide bonds. The lowest BCUT2D eigenvalue weighted by Crippen LogP contribution is -2.51. The van der Waals surface area contributed by atoms with Crippen molar-refractivity contribution >= 4 is 17.2 Å². The molecular formula is C13H22N4OS. The van der Waals surface area contributed by atoms with Gasteiger partial charge >= 0.3 is 0 Å². The fraction of sp³-hybridized carbons (Fsp3) is 0.692. The van der Waals surface area contributed by atoms with Crippen molar-refractivity contribution in [3.63, 3.8) is 0 Å². The topological polar surface area (TPSA) is 62.5 Å². The number of nitrogens with zero attached hydrogens (tertiary/aromatic N) is 3. The number of nitrogens with two attached hydrogens (primary N) is 1. The molecule has 0 bridgehead atoms. The minimum absolute atomic E-state index is 0.0414. The highest BCUT2D eigenvalue weighted by Gasteiger charge is 2.25. The number of carbonyl (C=O) groups is 1. The molecule has 1 atom stereocenters. The quantitative estimate of drug-likeness (QED) is 0.900. The van der Waals surface area contributed by atoms with E-state index in [0.717, 1.165) is 37.6 Å². The molecule has 19 heavy (non-hydrogen) atoms. The summed E-state index contributed by atoms with van der Waals surface area (Å²) in [5.74, 6) is 0.0414. The van der Waals surface area contributed by atoms with Crippen LogP contribution in [0.1, 0.15) is 35.8 Å². The molecule has 1 fully saturated rings. The van der Waals surface area contributed by atoms with E-state index in [1.807, 2.05) is 10.3 Å². The first-order valence-corrected chi connectivity index (χ1v) is 7.71. The van der Waals surface area contributed by atoms with E-state index in [0.29, 0.717) is 18.3 Å². The Bertz CT molecular complexity index is 426. The molecule has 0 saturated carbocycles. The zero-order valence-electron chi connectivity index (χ0n) is 11.6. The van der Waals surface area contributed by atoms with Gasteiger partial charge < -0.3 is 10.6 Å². The van der Waals surface area contributed by atoms with Gasteiger partial charge in [-0.3, -0.25) is 9.69 Å². The molecule has 2 heterocycles. The SMILES string of the molecule is CCC(C)N1CCN(C(=O)c2csc(CN)n2)CC1. The Kier molecular flexibility index (Phi) is 4.90. The van der Waals surface area contributed by atoms with Gasteiger partial charge in [-0.1, -0.05) is 6.92 Å². The maximum Gasteiger partial charge on any atom is 0.273 e. The van der Waals surface area contributed by atoms with Gasteiger partial charge in [0.1, 0.15) is 10.7 Å². The van der Waals surface area contributed by atoms with Crippen LogP contribution in [0.15, 0.2) is 5.38 Å². The molecule has 1 aliphatic heterocycles. The van der Waals surface area contributed by atoms with E-state index in [1.54, 1.807) is 0 Å². The normalized spacial score (nSPS) is 18.6. The Hall–Kier alpha value is -0.980. The minimum atomic E-state index is 0.0414. The Morgan fingerprint density at radius 3 is 2.68 bits per heavy atom. The van der Waals surface area contributed by atoms with Crippen molar-refractivity contribution in [3.05, 3.63) is 16.1 Å². The molecule has 106 valence electrons. The summed E-state index contributed by atoms with van der Waals surface area (Å²) in [6, 6.07) is 0.598. The van der Waals surface area contributed by atoms with E-state index in [2.05, 4.69) is 23.7 Å². The summed E-state index contributed by atoms with van der Waals surface area (Å²) in [6.07, 6.45) is 1.15. The van der Waals surface area contributed by atoms with Crippen molar-refractivity contribution in [2.75, 3.05) is 26.2 Å². The van der Waals surface area contributed by atoms with E-state index >= 15 is 0 Å². The third-order valence-corrected chi connectivity index (χ3v) is 4.63. The second-order valence-corrected chi connectivity index (χ2v) is 5.86. The molecular weight excluding hydrogens is 260 g/mol. The Balaban J connectivity index is 1.92. The molecule has 0 radical (unpaired) electrons. The van der Waals surface area contributed by atoms with Gasteiger partial charge in [-0.05, 0) is 13.3 Å². The van der Waals surface area contributed by atoms with E-state index in [9.17, 15) is 4.79 Å².